The van der Waals surface area contributed by atoms with E-state index in [2.05, 4.69) is 12.2 Å². The summed E-state index contributed by atoms with van der Waals surface area (Å²) in [5.74, 6) is 1.06. The van der Waals surface area contributed by atoms with Crippen molar-refractivity contribution < 1.29 is 0 Å². The van der Waals surface area contributed by atoms with E-state index in [1.807, 2.05) is 0 Å². The first kappa shape index (κ1) is 7.60. The van der Waals surface area contributed by atoms with Crippen molar-refractivity contribution in [2.75, 3.05) is 13.1 Å². The Bertz CT molecular complexity index is 128. The molecule has 1 heteroatoms. The molecule has 2 fully saturated rings. The molecule has 1 aliphatic carbocycles. The molecule has 0 amide bonds. The van der Waals surface area contributed by atoms with Crippen LogP contribution >= 0.6 is 0 Å². The number of rotatable bonds is 1. The van der Waals surface area contributed by atoms with Gasteiger partial charge in [-0.3, -0.25) is 0 Å². The average molecular weight is 153 g/mol. The van der Waals surface area contributed by atoms with E-state index in [-0.39, 0.29) is 0 Å². The molecule has 0 aromatic heterocycles. The predicted octanol–water partition coefficient (Wildman–Crippen LogP) is 2.18. The van der Waals surface area contributed by atoms with Gasteiger partial charge in [-0.25, -0.2) is 0 Å². The Morgan fingerprint density at radius 1 is 1.27 bits per heavy atom. The maximum absolute atomic E-state index is 3.40. The van der Waals surface area contributed by atoms with Crippen molar-refractivity contribution in [3.63, 3.8) is 0 Å². The first-order chi connectivity index (χ1) is 5.35. The third kappa shape index (κ3) is 1.31. The van der Waals surface area contributed by atoms with Crippen molar-refractivity contribution in [2.45, 2.75) is 39.0 Å². The second-order valence-electron chi connectivity index (χ2n) is 4.46. The zero-order valence-electron chi connectivity index (χ0n) is 7.53. The van der Waals surface area contributed by atoms with Gasteiger partial charge in [-0.1, -0.05) is 13.3 Å². The van der Waals surface area contributed by atoms with Crippen molar-refractivity contribution in [3.8, 4) is 0 Å². The molecule has 11 heavy (non-hydrogen) atoms. The highest BCUT2D eigenvalue weighted by Gasteiger charge is 2.39. The van der Waals surface area contributed by atoms with Gasteiger partial charge >= 0.3 is 0 Å². The molecule has 2 rings (SSSR count). The molecule has 0 aromatic carbocycles. The van der Waals surface area contributed by atoms with Crippen LogP contribution in [0, 0.1) is 11.3 Å². The lowest BCUT2D eigenvalue weighted by molar-refractivity contribution is 0.0808. The van der Waals surface area contributed by atoms with E-state index in [1.165, 1.54) is 45.2 Å². The van der Waals surface area contributed by atoms with Gasteiger partial charge in [0.1, 0.15) is 0 Å². The molecule has 1 heterocycles. The smallest absolute Gasteiger partial charge is 0.00202 e. The molecule has 1 saturated heterocycles. The predicted molar refractivity (Wildman–Crippen MR) is 47.6 cm³/mol. The quantitative estimate of drug-likeness (QED) is 0.609. The average Bonchev–Trinajstić information content (AvgIpc) is 2.02. The minimum Gasteiger partial charge on any atom is -0.316 e. The normalized spacial score (nSPS) is 30.3. The summed E-state index contributed by atoms with van der Waals surface area (Å²) in [7, 11) is 0. The highest BCUT2D eigenvalue weighted by Crippen LogP contribution is 2.42. The summed E-state index contributed by atoms with van der Waals surface area (Å²) in [4.78, 5) is 0. The fraction of sp³-hybridized carbons (Fsp3) is 1.00. The van der Waals surface area contributed by atoms with Crippen LogP contribution in [0.3, 0.4) is 0 Å². The maximum atomic E-state index is 3.40. The van der Waals surface area contributed by atoms with Crippen LogP contribution in [0.2, 0.25) is 0 Å². The van der Waals surface area contributed by atoms with Gasteiger partial charge in [-0.15, -0.1) is 0 Å². The van der Waals surface area contributed by atoms with Crippen LogP contribution in [0.5, 0.6) is 0 Å². The van der Waals surface area contributed by atoms with Crippen LogP contribution < -0.4 is 5.32 Å². The van der Waals surface area contributed by atoms with Crippen molar-refractivity contribution in [1.29, 1.82) is 0 Å². The number of nitrogens with one attached hydrogen (secondary N) is 1. The lowest BCUT2D eigenvalue weighted by atomic mass is 9.66. The molecule has 1 saturated carbocycles. The topological polar surface area (TPSA) is 12.0 Å². The lowest BCUT2D eigenvalue weighted by Crippen LogP contribution is -2.54. The zero-order chi connectivity index (χ0) is 7.73. The van der Waals surface area contributed by atoms with Crippen LogP contribution in [0.15, 0.2) is 0 Å². The molecule has 1 aliphatic heterocycles. The van der Waals surface area contributed by atoms with Gasteiger partial charge in [-0.2, -0.15) is 0 Å². The van der Waals surface area contributed by atoms with Gasteiger partial charge in [0.2, 0.25) is 0 Å². The maximum Gasteiger partial charge on any atom is 0.00202 e. The molecule has 1 nitrogen and oxygen atoms in total. The molecule has 0 unspecified atom stereocenters. The minimum absolute atomic E-state index is 0.770. The van der Waals surface area contributed by atoms with Gasteiger partial charge in [0, 0.05) is 13.1 Å². The van der Waals surface area contributed by atoms with E-state index in [9.17, 15) is 0 Å². The van der Waals surface area contributed by atoms with Crippen LogP contribution in [-0.2, 0) is 0 Å². The summed E-state index contributed by atoms with van der Waals surface area (Å²) < 4.78 is 0. The van der Waals surface area contributed by atoms with E-state index in [1.54, 1.807) is 0 Å². The summed E-state index contributed by atoms with van der Waals surface area (Å²) in [5, 5.41) is 3.40. The molecule has 2 aliphatic rings. The molecule has 0 aromatic rings. The van der Waals surface area contributed by atoms with Crippen molar-refractivity contribution in [1.82, 2.24) is 5.32 Å². The monoisotopic (exact) mass is 153 g/mol. The SMILES string of the molecule is CCC1CCC2(CC1)CNC2. The Kier molecular flexibility index (Phi) is 1.92. The van der Waals surface area contributed by atoms with E-state index in [0.29, 0.717) is 0 Å². The summed E-state index contributed by atoms with van der Waals surface area (Å²) in [5.41, 5.74) is 0.770. The first-order valence-electron chi connectivity index (χ1n) is 5.05. The second kappa shape index (κ2) is 2.78. The largest absolute Gasteiger partial charge is 0.316 e. The van der Waals surface area contributed by atoms with Crippen LogP contribution in [0.4, 0.5) is 0 Å². The Labute approximate surface area is 69.6 Å². The van der Waals surface area contributed by atoms with Crippen molar-refractivity contribution in [2.24, 2.45) is 11.3 Å². The Morgan fingerprint density at radius 2 is 1.91 bits per heavy atom. The second-order valence-corrected chi connectivity index (χ2v) is 4.46. The number of hydrogen-bond acceptors (Lipinski definition) is 1. The van der Waals surface area contributed by atoms with Crippen LogP contribution in [0.1, 0.15) is 39.0 Å². The van der Waals surface area contributed by atoms with E-state index >= 15 is 0 Å². The summed E-state index contributed by atoms with van der Waals surface area (Å²) in [6.45, 7) is 4.95. The highest BCUT2D eigenvalue weighted by atomic mass is 15.0. The zero-order valence-corrected chi connectivity index (χ0v) is 7.53. The molecule has 1 N–H and O–H groups in total. The van der Waals surface area contributed by atoms with Gasteiger partial charge in [0.15, 0.2) is 0 Å². The minimum atomic E-state index is 0.770. The van der Waals surface area contributed by atoms with Gasteiger partial charge in [0.05, 0.1) is 0 Å². The summed E-state index contributed by atoms with van der Waals surface area (Å²) in [6.07, 6.45) is 7.40. The summed E-state index contributed by atoms with van der Waals surface area (Å²) in [6, 6.07) is 0. The Morgan fingerprint density at radius 3 is 2.27 bits per heavy atom. The molecule has 0 radical (unpaired) electrons. The van der Waals surface area contributed by atoms with Crippen molar-refractivity contribution >= 4 is 0 Å². The fourth-order valence-corrected chi connectivity index (χ4v) is 2.53. The first-order valence-corrected chi connectivity index (χ1v) is 5.05. The molecular weight excluding hydrogens is 134 g/mol. The van der Waals surface area contributed by atoms with E-state index in [0.717, 1.165) is 11.3 Å². The van der Waals surface area contributed by atoms with Crippen molar-refractivity contribution in [3.05, 3.63) is 0 Å². The van der Waals surface area contributed by atoms with E-state index in [4.69, 9.17) is 0 Å². The van der Waals surface area contributed by atoms with Gasteiger partial charge in [0.25, 0.3) is 0 Å². The summed E-state index contributed by atoms with van der Waals surface area (Å²) >= 11 is 0. The van der Waals surface area contributed by atoms with Gasteiger partial charge in [-0.05, 0) is 37.0 Å². The molecular formula is C10H19N. The fourth-order valence-electron chi connectivity index (χ4n) is 2.53. The lowest BCUT2D eigenvalue weighted by Gasteiger charge is -2.47. The molecule has 0 atom stereocenters. The van der Waals surface area contributed by atoms with Crippen LogP contribution in [0.25, 0.3) is 0 Å². The van der Waals surface area contributed by atoms with Gasteiger partial charge < -0.3 is 5.32 Å². The number of hydrogen-bond donors (Lipinski definition) is 1. The Balaban J connectivity index is 1.84. The van der Waals surface area contributed by atoms with E-state index < -0.39 is 0 Å². The van der Waals surface area contributed by atoms with Crippen LogP contribution in [-0.4, -0.2) is 13.1 Å². The standard InChI is InChI=1S/C10H19N/c1-2-9-3-5-10(6-4-9)7-11-8-10/h9,11H,2-8H2,1H3. The third-order valence-electron chi connectivity index (χ3n) is 3.74. The third-order valence-corrected chi connectivity index (χ3v) is 3.74. The highest BCUT2D eigenvalue weighted by molar-refractivity contribution is 4.95. The Hall–Kier alpha value is -0.0400. The molecule has 0 bridgehead atoms. The molecule has 64 valence electrons. The molecule has 1 spiro atoms.